The molecule has 6 nitrogen and oxygen atoms in total. The van der Waals surface area contributed by atoms with Gasteiger partial charge in [0.05, 0.1) is 5.92 Å². The van der Waals surface area contributed by atoms with Crippen LogP contribution in [0.25, 0.3) is 0 Å². The van der Waals surface area contributed by atoms with Crippen LogP contribution in [0.15, 0.2) is 0 Å². The highest BCUT2D eigenvalue weighted by Gasteiger charge is 2.26. The summed E-state index contributed by atoms with van der Waals surface area (Å²) in [4.78, 5) is 10.7. The van der Waals surface area contributed by atoms with Gasteiger partial charge < -0.3 is 5.11 Å². The lowest BCUT2D eigenvalue weighted by Gasteiger charge is -2.17. The molecule has 94 valence electrons. The quantitative estimate of drug-likeness (QED) is 0.696. The second-order valence-electron chi connectivity index (χ2n) is 3.90. The fourth-order valence-electron chi connectivity index (χ4n) is 1.63. The maximum Gasteiger partial charge on any atom is 0.307 e. The molecule has 0 amide bonds. The number of rotatable bonds is 6. The minimum absolute atomic E-state index is 0.0370. The van der Waals surface area contributed by atoms with Gasteiger partial charge in [-0.05, 0) is 19.3 Å². The van der Waals surface area contributed by atoms with Crippen LogP contribution < -0.4 is 4.72 Å². The zero-order valence-corrected chi connectivity index (χ0v) is 10.2. The van der Waals surface area contributed by atoms with Crippen LogP contribution in [0.2, 0.25) is 0 Å². The number of nitrogens with zero attached hydrogens (tertiary/aromatic N) is 1. The molecule has 2 N–H and O–H groups in total. The van der Waals surface area contributed by atoms with Crippen LogP contribution in [-0.2, 0) is 15.0 Å². The average Bonchev–Trinajstić information content (AvgIpc) is 2.71. The van der Waals surface area contributed by atoms with Crippen molar-refractivity contribution in [2.24, 2.45) is 5.92 Å². The fraction of sp³-hybridized carbons (Fsp3) is 0.889. The van der Waals surface area contributed by atoms with Crippen molar-refractivity contribution in [1.82, 2.24) is 9.03 Å². The van der Waals surface area contributed by atoms with E-state index in [-0.39, 0.29) is 6.54 Å². The number of hydrogen-bond acceptors (Lipinski definition) is 3. The van der Waals surface area contributed by atoms with Crippen LogP contribution >= 0.6 is 0 Å². The Kier molecular flexibility index (Phi) is 4.69. The molecule has 0 bridgehead atoms. The fourth-order valence-corrected chi connectivity index (χ4v) is 2.97. The Hall–Kier alpha value is -0.660. The summed E-state index contributed by atoms with van der Waals surface area (Å²) in [7, 11) is -3.48. The summed E-state index contributed by atoms with van der Waals surface area (Å²) < 4.78 is 27.1. The summed E-state index contributed by atoms with van der Waals surface area (Å²) in [5.74, 6) is -1.62. The molecule has 7 heteroatoms. The summed E-state index contributed by atoms with van der Waals surface area (Å²) in [5.41, 5.74) is 0. The van der Waals surface area contributed by atoms with Crippen molar-refractivity contribution in [2.45, 2.75) is 26.2 Å². The monoisotopic (exact) mass is 250 g/mol. The first-order valence-corrected chi connectivity index (χ1v) is 6.89. The number of aliphatic carboxylic acids is 1. The van der Waals surface area contributed by atoms with Gasteiger partial charge in [-0.2, -0.15) is 12.7 Å². The van der Waals surface area contributed by atoms with Gasteiger partial charge in [0.1, 0.15) is 0 Å². The number of nitrogens with one attached hydrogen (secondary N) is 1. The van der Waals surface area contributed by atoms with Crippen LogP contribution in [-0.4, -0.2) is 43.4 Å². The highest BCUT2D eigenvalue weighted by molar-refractivity contribution is 7.87. The SMILES string of the molecule is CCC(CNS(=O)(=O)N1CCCC1)C(=O)O. The predicted octanol–water partition coefficient (Wildman–Crippen LogP) is 0.0274. The zero-order valence-electron chi connectivity index (χ0n) is 9.35. The van der Waals surface area contributed by atoms with Crippen LogP contribution in [0.3, 0.4) is 0 Å². The Morgan fingerprint density at radius 1 is 1.44 bits per heavy atom. The molecular weight excluding hydrogens is 232 g/mol. The van der Waals surface area contributed by atoms with Gasteiger partial charge >= 0.3 is 5.97 Å². The summed E-state index contributed by atoms with van der Waals surface area (Å²) in [5, 5.41) is 8.79. The van der Waals surface area contributed by atoms with Crippen molar-refractivity contribution in [3.8, 4) is 0 Å². The van der Waals surface area contributed by atoms with E-state index in [1.165, 1.54) is 4.31 Å². The Bertz CT molecular complexity index is 335. The lowest BCUT2D eigenvalue weighted by molar-refractivity contribution is -0.141. The van der Waals surface area contributed by atoms with Crippen LogP contribution in [0.1, 0.15) is 26.2 Å². The topological polar surface area (TPSA) is 86.7 Å². The predicted molar refractivity (Wildman–Crippen MR) is 59.1 cm³/mol. The van der Waals surface area contributed by atoms with Crippen molar-refractivity contribution < 1.29 is 18.3 Å². The minimum atomic E-state index is -3.48. The third-order valence-corrected chi connectivity index (χ3v) is 4.34. The van der Waals surface area contributed by atoms with Gasteiger partial charge in [-0.3, -0.25) is 4.79 Å². The molecule has 1 rings (SSSR count). The van der Waals surface area contributed by atoms with Crippen molar-refractivity contribution in [1.29, 1.82) is 0 Å². The standard InChI is InChI=1S/C9H18N2O4S/c1-2-8(9(12)13)7-10-16(14,15)11-5-3-4-6-11/h8,10H,2-7H2,1H3,(H,12,13). The molecule has 0 saturated carbocycles. The number of carboxylic acids is 1. The first kappa shape index (κ1) is 13.4. The molecule has 0 spiro atoms. The second-order valence-corrected chi connectivity index (χ2v) is 5.66. The van der Waals surface area contributed by atoms with E-state index in [1.807, 2.05) is 0 Å². The molecule has 1 fully saturated rings. The first-order chi connectivity index (χ1) is 7.47. The van der Waals surface area contributed by atoms with Gasteiger partial charge in [-0.1, -0.05) is 6.92 Å². The molecule has 1 aliphatic rings. The van der Waals surface area contributed by atoms with Crippen LogP contribution in [0, 0.1) is 5.92 Å². The van der Waals surface area contributed by atoms with E-state index in [4.69, 9.17) is 5.11 Å². The van der Waals surface area contributed by atoms with Crippen LogP contribution in [0.5, 0.6) is 0 Å². The van der Waals surface area contributed by atoms with Gasteiger partial charge in [-0.15, -0.1) is 0 Å². The molecule has 0 aromatic carbocycles. The molecule has 0 radical (unpaired) electrons. The number of hydrogen-bond donors (Lipinski definition) is 2. The molecule has 0 aliphatic carbocycles. The smallest absolute Gasteiger partial charge is 0.307 e. The van der Waals surface area contributed by atoms with E-state index in [0.29, 0.717) is 19.5 Å². The van der Waals surface area contributed by atoms with Crippen LogP contribution in [0.4, 0.5) is 0 Å². The van der Waals surface area contributed by atoms with E-state index in [1.54, 1.807) is 6.92 Å². The molecule has 1 aliphatic heterocycles. The molecule has 1 unspecified atom stereocenters. The van der Waals surface area contributed by atoms with E-state index in [2.05, 4.69) is 4.72 Å². The Morgan fingerprint density at radius 2 is 2.00 bits per heavy atom. The zero-order chi connectivity index (χ0) is 12.2. The molecule has 16 heavy (non-hydrogen) atoms. The third kappa shape index (κ3) is 3.43. The van der Waals surface area contributed by atoms with E-state index < -0.39 is 22.1 Å². The molecule has 1 saturated heterocycles. The van der Waals surface area contributed by atoms with E-state index in [0.717, 1.165) is 12.8 Å². The van der Waals surface area contributed by atoms with Crippen molar-refractivity contribution in [2.75, 3.05) is 19.6 Å². The second kappa shape index (κ2) is 5.60. The summed E-state index contributed by atoms with van der Waals surface area (Å²) >= 11 is 0. The van der Waals surface area contributed by atoms with E-state index in [9.17, 15) is 13.2 Å². The van der Waals surface area contributed by atoms with Crippen molar-refractivity contribution in [3.63, 3.8) is 0 Å². The normalized spacial score (nSPS) is 19.8. The third-order valence-electron chi connectivity index (χ3n) is 2.76. The number of carbonyl (C=O) groups is 1. The van der Waals surface area contributed by atoms with E-state index >= 15 is 0 Å². The highest BCUT2D eigenvalue weighted by atomic mass is 32.2. The Labute approximate surface area is 95.8 Å². The maximum atomic E-state index is 11.7. The number of carboxylic acid groups (broad SMARTS) is 1. The maximum absolute atomic E-state index is 11.7. The Morgan fingerprint density at radius 3 is 2.44 bits per heavy atom. The molecular formula is C9H18N2O4S. The van der Waals surface area contributed by atoms with Gasteiger partial charge in [0.2, 0.25) is 0 Å². The largest absolute Gasteiger partial charge is 0.481 e. The van der Waals surface area contributed by atoms with Crippen molar-refractivity contribution >= 4 is 16.2 Å². The lowest BCUT2D eigenvalue weighted by atomic mass is 10.1. The summed E-state index contributed by atoms with van der Waals surface area (Å²) in [6.45, 7) is 2.74. The summed E-state index contributed by atoms with van der Waals surface area (Å²) in [6.07, 6.45) is 2.16. The average molecular weight is 250 g/mol. The Balaban J connectivity index is 2.49. The van der Waals surface area contributed by atoms with Gasteiger partial charge in [0.15, 0.2) is 0 Å². The first-order valence-electron chi connectivity index (χ1n) is 5.45. The highest BCUT2D eigenvalue weighted by Crippen LogP contribution is 2.11. The summed E-state index contributed by atoms with van der Waals surface area (Å²) in [6, 6.07) is 0. The van der Waals surface area contributed by atoms with Gasteiger partial charge in [-0.25, -0.2) is 4.72 Å². The molecule has 1 heterocycles. The molecule has 1 atom stereocenters. The molecule has 0 aromatic rings. The van der Waals surface area contributed by atoms with Crippen molar-refractivity contribution in [3.05, 3.63) is 0 Å². The van der Waals surface area contributed by atoms with Gasteiger partial charge in [0.25, 0.3) is 10.2 Å². The van der Waals surface area contributed by atoms with Gasteiger partial charge in [0, 0.05) is 19.6 Å². The minimum Gasteiger partial charge on any atom is -0.481 e. The lowest BCUT2D eigenvalue weighted by Crippen LogP contribution is -2.42. The molecule has 0 aromatic heterocycles.